The quantitative estimate of drug-likeness (QED) is 0.544. The van der Waals surface area contributed by atoms with Crippen molar-refractivity contribution in [3.63, 3.8) is 0 Å². The molecule has 0 radical (unpaired) electrons. The molecule has 2 aliphatic heterocycles. The third kappa shape index (κ3) is 1.20. The Morgan fingerprint density at radius 1 is 1.54 bits per heavy atom. The first-order chi connectivity index (χ1) is 6.24. The molecule has 2 fully saturated rings. The summed E-state index contributed by atoms with van der Waals surface area (Å²) in [6, 6.07) is 0.125. The minimum absolute atomic E-state index is 0.0727. The fraction of sp³-hybridized carbons (Fsp3) is 0.778. The van der Waals surface area contributed by atoms with Gasteiger partial charge in [0.2, 0.25) is 5.91 Å². The summed E-state index contributed by atoms with van der Waals surface area (Å²) in [6.07, 6.45) is 2.18. The molecule has 0 bridgehead atoms. The second-order valence-corrected chi connectivity index (χ2v) is 3.61. The highest BCUT2D eigenvalue weighted by Gasteiger charge is 2.45. The number of fused-ring (bicyclic) bond motifs is 1. The van der Waals surface area contributed by atoms with Crippen LogP contribution in [-0.4, -0.2) is 36.5 Å². The lowest BCUT2D eigenvalue weighted by molar-refractivity contribution is -0.146. The van der Waals surface area contributed by atoms with Gasteiger partial charge in [0.05, 0.1) is 13.0 Å². The highest BCUT2D eigenvalue weighted by Crippen LogP contribution is 2.33. The lowest BCUT2D eigenvalue weighted by Gasteiger charge is -2.18. The number of carbonyl (C=O) groups excluding carboxylic acids is 2. The van der Waals surface area contributed by atoms with Crippen molar-refractivity contribution in [1.29, 1.82) is 0 Å². The Bertz CT molecular complexity index is 251. The van der Waals surface area contributed by atoms with E-state index in [1.54, 1.807) is 0 Å². The van der Waals surface area contributed by atoms with Gasteiger partial charge in [-0.3, -0.25) is 9.59 Å². The summed E-state index contributed by atoms with van der Waals surface area (Å²) in [5, 5.41) is 0. The standard InChI is InChI=1S/C9H13NO3/c1-13-9(12)6-4-5-10-7(6)2-3-8(10)11/h6-7H,2-5H2,1H3/t6-,7-/m0/s1. The van der Waals surface area contributed by atoms with Crippen LogP contribution in [0.3, 0.4) is 0 Å². The molecule has 4 heteroatoms. The lowest BCUT2D eigenvalue weighted by atomic mass is 9.99. The van der Waals surface area contributed by atoms with Crippen LogP contribution in [0.15, 0.2) is 0 Å². The first-order valence-corrected chi connectivity index (χ1v) is 4.61. The third-order valence-corrected chi connectivity index (χ3v) is 3.02. The van der Waals surface area contributed by atoms with E-state index < -0.39 is 0 Å². The summed E-state index contributed by atoms with van der Waals surface area (Å²) in [5.74, 6) is -0.0462. The van der Waals surface area contributed by atoms with E-state index in [0.717, 1.165) is 19.4 Å². The Morgan fingerprint density at radius 3 is 3.00 bits per heavy atom. The molecule has 0 aliphatic carbocycles. The van der Waals surface area contributed by atoms with Crippen molar-refractivity contribution in [3.05, 3.63) is 0 Å². The van der Waals surface area contributed by atoms with Crippen LogP contribution >= 0.6 is 0 Å². The molecule has 4 nitrogen and oxygen atoms in total. The second-order valence-electron chi connectivity index (χ2n) is 3.61. The SMILES string of the molecule is COC(=O)[C@H]1CCN2C(=O)CC[C@@H]12. The van der Waals surface area contributed by atoms with Crippen LogP contribution in [0.5, 0.6) is 0 Å². The molecule has 72 valence electrons. The molecule has 0 saturated carbocycles. The number of methoxy groups -OCH3 is 1. The molecular formula is C9H13NO3. The van der Waals surface area contributed by atoms with Gasteiger partial charge in [-0.1, -0.05) is 0 Å². The van der Waals surface area contributed by atoms with Crippen molar-refractivity contribution in [2.24, 2.45) is 5.92 Å². The van der Waals surface area contributed by atoms with Gasteiger partial charge in [0, 0.05) is 19.0 Å². The Kier molecular flexibility index (Phi) is 1.98. The highest BCUT2D eigenvalue weighted by molar-refractivity contribution is 5.82. The van der Waals surface area contributed by atoms with Crippen LogP contribution in [0.4, 0.5) is 0 Å². The fourth-order valence-corrected chi connectivity index (χ4v) is 2.36. The largest absolute Gasteiger partial charge is 0.469 e. The van der Waals surface area contributed by atoms with Gasteiger partial charge in [-0.25, -0.2) is 0 Å². The summed E-state index contributed by atoms with van der Waals surface area (Å²) >= 11 is 0. The van der Waals surface area contributed by atoms with Crippen LogP contribution in [0, 0.1) is 5.92 Å². The van der Waals surface area contributed by atoms with Gasteiger partial charge in [-0.2, -0.15) is 0 Å². The first kappa shape index (κ1) is 8.53. The van der Waals surface area contributed by atoms with Crippen molar-refractivity contribution >= 4 is 11.9 Å². The molecule has 0 N–H and O–H groups in total. The van der Waals surface area contributed by atoms with Gasteiger partial charge in [0.25, 0.3) is 0 Å². The zero-order valence-corrected chi connectivity index (χ0v) is 7.66. The highest BCUT2D eigenvalue weighted by atomic mass is 16.5. The molecule has 2 rings (SSSR count). The van der Waals surface area contributed by atoms with E-state index in [-0.39, 0.29) is 23.8 Å². The Morgan fingerprint density at radius 2 is 2.31 bits per heavy atom. The second kappa shape index (κ2) is 3.01. The Balaban J connectivity index is 2.10. The molecule has 0 spiro atoms. The maximum atomic E-state index is 11.3. The Labute approximate surface area is 76.8 Å². The van der Waals surface area contributed by atoms with Crippen molar-refractivity contribution in [3.8, 4) is 0 Å². The molecule has 0 unspecified atom stereocenters. The summed E-state index contributed by atoms with van der Waals surface area (Å²) in [6.45, 7) is 0.725. The molecule has 0 aromatic rings. The van der Waals surface area contributed by atoms with E-state index in [0.29, 0.717) is 6.42 Å². The maximum absolute atomic E-state index is 11.3. The first-order valence-electron chi connectivity index (χ1n) is 4.61. The zero-order chi connectivity index (χ0) is 9.42. The average molecular weight is 183 g/mol. The molecule has 13 heavy (non-hydrogen) atoms. The molecule has 0 aromatic heterocycles. The topological polar surface area (TPSA) is 46.6 Å². The van der Waals surface area contributed by atoms with E-state index in [4.69, 9.17) is 4.74 Å². The zero-order valence-electron chi connectivity index (χ0n) is 7.66. The number of ether oxygens (including phenoxy) is 1. The maximum Gasteiger partial charge on any atom is 0.310 e. The number of hydrogen-bond acceptors (Lipinski definition) is 3. The predicted molar refractivity (Wildman–Crippen MR) is 44.9 cm³/mol. The average Bonchev–Trinajstić information content (AvgIpc) is 2.68. The third-order valence-electron chi connectivity index (χ3n) is 3.02. The van der Waals surface area contributed by atoms with Crippen molar-refractivity contribution in [2.45, 2.75) is 25.3 Å². The number of nitrogens with zero attached hydrogens (tertiary/aromatic N) is 1. The van der Waals surface area contributed by atoms with E-state index >= 15 is 0 Å². The smallest absolute Gasteiger partial charge is 0.310 e. The van der Waals surface area contributed by atoms with Crippen molar-refractivity contribution in [2.75, 3.05) is 13.7 Å². The van der Waals surface area contributed by atoms with Gasteiger partial charge in [-0.15, -0.1) is 0 Å². The fourth-order valence-electron chi connectivity index (χ4n) is 2.36. The number of amides is 1. The lowest BCUT2D eigenvalue weighted by Crippen LogP contribution is -2.32. The van der Waals surface area contributed by atoms with Crippen LogP contribution in [0.2, 0.25) is 0 Å². The summed E-state index contributed by atoms with van der Waals surface area (Å²) < 4.78 is 4.70. The number of hydrogen-bond donors (Lipinski definition) is 0. The molecule has 0 aromatic carbocycles. The van der Waals surface area contributed by atoms with Crippen LogP contribution in [-0.2, 0) is 14.3 Å². The number of esters is 1. The van der Waals surface area contributed by atoms with E-state index in [1.807, 2.05) is 4.90 Å². The van der Waals surface area contributed by atoms with Crippen LogP contribution < -0.4 is 0 Å². The van der Waals surface area contributed by atoms with Crippen LogP contribution in [0.25, 0.3) is 0 Å². The van der Waals surface area contributed by atoms with E-state index in [2.05, 4.69) is 0 Å². The van der Waals surface area contributed by atoms with Crippen molar-refractivity contribution in [1.82, 2.24) is 4.90 Å². The molecule has 2 heterocycles. The molecular weight excluding hydrogens is 170 g/mol. The van der Waals surface area contributed by atoms with Gasteiger partial charge in [0.1, 0.15) is 0 Å². The van der Waals surface area contributed by atoms with Crippen molar-refractivity contribution < 1.29 is 14.3 Å². The number of carbonyl (C=O) groups is 2. The van der Waals surface area contributed by atoms with Gasteiger partial charge in [0.15, 0.2) is 0 Å². The van der Waals surface area contributed by atoms with Gasteiger partial charge >= 0.3 is 5.97 Å². The van der Waals surface area contributed by atoms with Gasteiger partial charge in [-0.05, 0) is 12.8 Å². The minimum Gasteiger partial charge on any atom is -0.469 e. The van der Waals surface area contributed by atoms with E-state index in [9.17, 15) is 9.59 Å². The summed E-state index contributed by atoms with van der Waals surface area (Å²) in [7, 11) is 1.40. The van der Waals surface area contributed by atoms with Crippen LogP contribution in [0.1, 0.15) is 19.3 Å². The summed E-state index contributed by atoms with van der Waals surface area (Å²) in [4.78, 5) is 24.4. The Hall–Kier alpha value is -1.06. The molecule has 2 saturated heterocycles. The number of rotatable bonds is 1. The molecule has 2 atom stereocenters. The predicted octanol–water partition coefficient (Wildman–Crippen LogP) is 0.170. The summed E-state index contributed by atoms with van der Waals surface area (Å²) in [5.41, 5.74) is 0. The minimum atomic E-state index is -0.165. The monoisotopic (exact) mass is 183 g/mol. The molecule has 1 amide bonds. The van der Waals surface area contributed by atoms with E-state index in [1.165, 1.54) is 7.11 Å². The normalized spacial score (nSPS) is 32.1. The molecule has 2 aliphatic rings. The van der Waals surface area contributed by atoms with Gasteiger partial charge < -0.3 is 9.64 Å².